The lowest BCUT2D eigenvalue weighted by atomic mass is 10.2. The minimum Gasteiger partial charge on any atom is -0.497 e. The van der Waals surface area contributed by atoms with E-state index in [0.29, 0.717) is 28.3 Å². The highest BCUT2D eigenvalue weighted by Crippen LogP contribution is 2.32. The number of ether oxygens (including phenoxy) is 2. The van der Waals surface area contributed by atoms with Crippen LogP contribution in [-0.2, 0) is 0 Å². The van der Waals surface area contributed by atoms with E-state index in [4.69, 9.17) is 9.47 Å². The summed E-state index contributed by atoms with van der Waals surface area (Å²) in [6.45, 7) is 3.19. The molecular formula is C19H17N3O6. The quantitative estimate of drug-likeness (QED) is 0.507. The molecule has 0 aliphatic carbocycles. The molecule has 3 aromatic rings. The van der Waals surface area contributed by atoms with Crippen LogP contribution in [0.1, 0.15) is 21.6 Å². The molecule has 3 rings (SSSR count). The second kappa shape index (κ2) is 7.39. The number of rotatable bonds is 6. The van der Waals surface area contributed by atoms with E-state index >= 15 is 0 Å². The number of hydrogen-bond donors (Lipinski definition) is 1. The zero-order valence-electron chi connectivity index (χ0n) is 15.4. The monoisotopic (exact) mass is 383 g/mol. The number of aryl methyl sites for hydroxylation is 1. The van der Waals surface area contributed by atoms with Crippen LogP contribution in [0, 0.1) is 24.0 Å². The first-order valence-corrected chi connectivity index (χ1v) is 8.22. The topological polar surface area (TPSA) is 117 Å². The Balaban J connectivity index is 2.07. The van der Waals surface area contributed by atoms with Gasteiger partial charge in [0.05, 0.1) is 17.7 Å². The van der Waals surface area contributed by atoms with Crippen LogP contribution in [0.2, 0.25) is 0 Å². The number of methoxy groups -OCH3 is 1. The Hall–Kier alpha value is -3.88. The van der Waals surface area contributed by atoms with Crippen molar-refractivity contribution >= 4 is 11.7 Å². The second-order valence-electron chi connectivity index (χ2n) is 6.00. The van der Waals surface area contributed by atoms with Crippen LogP contribution in [0.4, 0.5) is 5.69 Å². The number of hydrogen-bond acceptors (Lipinski definition) is 6. The molecule has 0 bridgehead atoms. The average molecular weight is 383 g/mol. The molecule has 0 radical (unpaired) electrons. The standard InChI is InChI=1S/C19H17N3O6/c1-11-10-15(8-9-16(11)22(25)26)28-18-12(2)17(19(23)24)20-21(18)13-4-6-14(27-3)7-5-13/h4-10H,1-3H3,(H,23,24). The van der Waals surface area contributed by atoms with E-state index in [1.165, 1.54) is 22.9 Å². The highest BCUT2D eigenvalue weighted by molar-refractivity contribution is 5.88. The van der Waals surface area contributed by atoms with Crippen LogP contribution in [0.25, 0.3) is 5.69 Å². The zero-order chi connectivity index (χ0) is 20.4. The maximum atomic E-state index is 11.5. The summed E-state index contributed by atoms with van der Waals surface area (Å²) in [6, 6.07) is 11.2. The molecular weight excluding hydrogens is 366 g/mol. The van der Waals surface area contributed by atoms with Crippen molar-refractivity contribution in [1.82, 2.24) is 9.78 Å². The molecule has 0 saturated heterocycles. The first-order chi connectivity index (χ1) is 13.3. The molecule has 9 heteroatoms. The number of carboxylic acid groups (broad SMARTS) is 1. The molecule has 1 heterocycles. The molecule has 0 atom stereocenters. The van der Waals surface area contributed by atoms with Gasteiger partial charge in [0.15, 0.2) is 5.69 Å². The number of nitro benzene ring substituents is 1. The third-order valence-electron chi connectivity index (χ3n) is 4.17. The fourth-order valence-corrected chi connectivity index (χ4v) is 2.71. The van der Waals surface area contributed by atoms with Gasteiger partial charge in [0.2, 0.25) is 5.88 Å². The number of carbonyl (C=O) groups is 1. The van der Waals surface area contributed by atoms with E-state index in [-0.39, 0.29) is 17.3 Å². The number of aromatic nitrogens is 2. The van der Waals surface area contributed by atoms with Crippen LogP contribution >= 0.6 is 0 Å². The lowest BCUT2D eigenvalue weighted by Gasteiger charge is -2.11. The van der Waals surface area contributed by atoms with Gasteiger partial charge in [-0.1, -0.05) is 0 Å². The molecule has 0 saturated carbocycles. The van der Waals surface area contributed by atoms with E-state index in [1.807, 2.05) is 0 Å². The molecule has 1 N–H and O–H groups in total. The summed E-state index contributed by atoms with van der Waals surface area (Å²) in [7, 11) is 1.54. The van der Waals surface area contributed by atoms with Gasteiger partial charge < -0.3 is 14.6 Å². The summed E-state index contributed by atoms with van der Waals surface area (Å²) in [5.74, 6) is -0.0114. The third-order valence-corrected chi connectivity index (χ3v) is 4.17. The predicted octanol–water partition coefficient (Wildman–Crippen LogP) is 3.90. The van der Waals surface area contributed by atoms with Crippen molar-refractivity contribution in [3.8, 4) is 23.1 Å². The summed E-state index contributed by atoms with van der Waals surface area (Å²) in [5, 5.41) is 24.5. The van der Waals surface area contributed by atoms with E-state index in [1.54, 1.807) is 45.2 Å². The molecule has 2 aromatic carbocycles. The maximum absolute atomic E-state index is 11.5. The zero-order valence-corrected chi connectivity index (χ0v) is 15.4. The van der Waals surface area contributed by atoms with E-state index in [9.17, 15) is 20.0 Å². The molecule has 0 spiro atoms. The van der Waals surface area contributed by atoms with Gasteiger partial charge in [0, 0.05) is 17.2 Å². The van der Waals surface area contributed by atoms with Crippen LogP contribution in [0.15, 0.2) is 42.5 Å². The Bertz CT molecular complexity index is 1060. The average Bonchev–Trinajstić information content (AvgIpc) is 2.98. The molecule has 28 heavy (non-hydrogen) atoms. The Labute approximate surface area is 159 Å². The Morgan fingerprint density at radius 1 is 1.14 bits per heavy atom. The van der Waals surface area contributed by atoms with Gasteiger partial charge in [0.1, 0.15) is 11.5 Å². The molecule has 144 valence electrons. The molecule has 0 aliphatic heterocycles. The highest BCUT2D eigenvalue weighted by Gasteiger charge is 2.23. The normalized spacial score (nSPS) is 10.5. The van der Waals surface area contributed by atoms with Gasteiger partial charge in [-0.3, -0.25) is 10.1 Å². The van der Waals surface area contributed by atoms with Gasteiger partial charge in [-0.15, -0.1) is 0 Å². The fourth-order valence-electron chi connectivity index (χ4n) is 2.71. The number of nitrogens with zero attached hydrogens (tertiary/aromatic N) is 3. The number of aromatic carboxylic acids is 1. The van der Waals surface area contributed by atoms with E-state index < -0.39 is 10.9 Å². The van der Waals surface area contributed by atoms with Gasteiger partial charge >= 0.3 is 5.97 Å². The summed E-state index contributed by atoms with van der Waals surface area (Å²) in [6.07, 6.45) is 0. The minimum atomic E-state index is -1.19. The molecule has 0 fully saturated rings. The first-order valence-electron chi connectivity index (χ1n) is 8.22. The third kappa shape index (κ3) is 3.50. The second-order valence-corrected chi connectivity index (χ2v) is 6.00. The lowest BCUT2D eigenvalue weighted by Crippen LogP contribution is -2.02. The molecule has 0 amide bonds. The molecule has 0 aliphatic rings. The maximum Gasteiger partial charge on any atom is 0.356 e. The predicted molar refractivity (Wildman–Crippen MR) is 99.7 cm³/mol. The van der Waals surface area contributed by atoms with Crippen molar-refractivity contribution < 1.29 is 24.3 Å². The van der Waals surface area contributed by atoms with Crippen molar-refractivity contribution in [2.24, 2.45) is 0 Å². The van der Waals surface area contributed by atoms with E-state index in [0.717, 1.165) is 0 Å². The highest BCUT2D eigenvalue weighted by atomic mass is 16.6. The van der Waals surface area contributed by atoms with Crippen LogP contribution in [-0.4, -0.2) is 32.9 Å². The van der Waals surface area contributed by atoms with Gasteiger partial charge in [0.25, 0.3) is 5.69 Å². The number of benzene rings is 2. The number of nitro groups is 1. The SMILES string of the molecule is COc1ccc(-n2nc(C(=O)O)c(C)c2Oc2ccc([N+](=O)[O-])c(C)c2)cc1. The van der Waals surface area contributed by atoms with Crippen molar-refractivity contribution in [3.63, 3.8) is 0 Å². The molecule has 9 nitrogen and oxygen atoms in total. The van der Waals surface area contributed by atoms with Gasteiger partial charge in [-0.25, -0.2) is 4.79 Å². The van der Waals surface area contributed by atoms with Crippen LogP contribution in [0.5, 0.6) is 17.4 Å². The first kappa shape index (κ1) is 18.9. The van der Waals surface area contributed by atoms with Crippen LogP contribution in [0.3, 0.4) is 0 Å². The van der Waals surface area contributed by atoms with E-state index in [2.05, 4.69) is 5.10 Å². The summed E-state index contributed by atoms with van der Waals surface area (Å²) in [5.41, 5.74) is 1.15. The Morgan fingerprint density at radius 3 is 2.32 bits per heavy atom. The summed E-state index contributed by atoms with van der Waals surface area (Å²) >= 11 is 0. The summed E-state index contributed by atoms with van der Waals surface area (Å²) < 4.78 is 12.4. The van der Waals surface area contributed by atoms with Crippen molar-refractivity contribution in [1.29, 1.82) is 0 Å². The minimum absolute atomic E-state index is 0.0287. The Kier molecular flexibility index (Phi) is 4.99. The van der Waals surface area contributed by atoms with Crippen molar-refractivity contribution in [2.75, 3.05) is 7.11 Å². The largest absolute Gasteiger partial charge is 0.497 e. The van der Waals surface area contributed by atoms with Crippen molar-refractivity contribution in [3.05, 3.63) is 69.4 Å². The van der Waals surface area contributed by atoms with Gasteiger partial charge in [-0.05, 0) is 50.2 Å². The molecule has 1 aromatic heterocycles. The smallest absolute Gasteiger partial charge is 0.356 e. The Morgan fingerprint density at radius 2 is 1.79 bits per heavy atom. The van der Waals surface area contributed by atoms with Gasteiger partial charge in [-0.2, -0.15) is 9.78 Å². The van der Waals surface area contributed by atoms with Crippen molar-refractivity contribution in [2.45, 2.75) is 13.8 Å². The lowest BCUT2D eigenvalue weighted by molar-refractivity contribution is -0.385. The number of carboxylic acids is 1. The fraction of sp³-hybridized carbons (Fsp3) is 0.158. The van der Waals surface area contributed by atoms with Crippen LogP contribution < -0.4 is 9.47 Å². The molecule has 0 unspecified atom stereocenters. The summed E-state index contributed by atoms with van der Waals surface area (Å²) in [4.78, 5) is 22.0.